The van der Waals surface area contributed by atoms with Crippen molar-refractivity contribution in [1.29, 1.82) is 0 Å². The van der Waals surface area contributed by atoms with Crippen molar-refractivity contribution in [3.8, 4) is 0 Å². The van der Waals surface area contributed by atoms with Gasteiger partial charge in [0.05, 0.1) is 6.61 Å². The second-order valence-corrected chi connectivity index (χ2v) is 20.8. The third-order valence-corrected chi connectivity index (χ3v) is 13.5. The van der Waals surface area contributed by atoms with Gasteiger partial charge in [-0.15, -0.1) is 0 Å². The Bertz CT molecular complexity index is 1320. The Morgan fingerprint density at radius 2 is 0.910 bits per heavy atom. The first-order valence-corrected chi connectivity index (χ1v) is 29.0. The highest BCUT2D eigenvalue weighted by atomic mass is 32.2. The third-order valence-electron chi connectivity index (χ3n) is 12.8. The van der Waals surface area contributed by atoms with Gasteiger partial charge in [-0.2, -0.15) is 8.42 Å². The van der Waals surface area contributed by atoms with Crippen molar-refractivity contribution in [2.75, 3.05) is 19.0 Å². The first-order valence-electron chi connectivity index (χ1n) is 27.4. The molecule has 0 saturated carbocycles. The Balaban J connectivity index is 2.35. The number of hydrogen-bond acceptors (Lipinski definition) is 11. The van der Waals surface area contributed by atoms with Crippen LogP contribution in [0.4, 0.5) is 0 Å². The zero-order valence-electron chi connectivity index (χ0n) is 42.5. The van der Waals surface area contributed by atoms with Gasteiger partial charge in [-0.05, 0) is 38.5 Å². The van der Waals surface area contributed by atoms with E-state index in [0.29, 0.717) is 19.3 Å². The van der Waals surface area contributed by atoms with E-state index in [1.807, 2.05) is 6.08 Å². The van der Waals surface area contributed by atoms with Gasteiger partial charge in [0, 0.05) is 12.8 Å². The van der Waals surface area contributed by atoms with Gasteiger partial charge in [-0.25, -0.2) is 0 Å². The lowest BCUT2D eigenvalue weighted by molar-refractivity contribution is -0.297. The second kappa shape index (κ2) is 44.1. The second-order valence-electron chi connectivity index (χ2n) is 19.3. The third kappa shape index (κ3) is 38.6. The summed E-state index contributed by atoms with van der Waals surface area (Å²) in [5.74, 6) is -2.02. The number of carbonyl (C=O) groups excluding carboxylic acids is 2. The summed E-state index contributed by atoms with van der Waals surface area (Å²) in [5.41, 5.74) is 0. The first-order chi connectivity index (χ1) is 32.5. The van der Waals surface area contributed by atoms with Gasteiger partial charge in [-0.3, -0.25) is 14.1 Å². The average Bonchev–Trinajstić information content (AvgIpc) is 3.30. The van der Waals surface area contributed by atoms with Crippen molar-refractivity contribution in [3.63, 3.8) is 0 Å². The molecule has 2 unspecified atom stereocenters. The standard InChI is InChI=1S/C54H100O12S/c1-3-5-7-9-11-13-15-17-19-21-22-23-24-25-27-29-31-33-35-37-39-41-43-50(56)65-47(45-64-54-53(59)52(58)51(57)48(66-54)46-67(60,61)62)44-63-49(55)42-40-38-36-34-32-30-28-26-20-18-16-14-12-10-8-6-4-2/h28,30,34,36,47-48,51-54,57-59H,3-27,29,31-33,35,37-46H2,1-2H3,(H,60,61,62)/b30-28+,36-34+/t47-,48-,51-,52?,53?,54+/m1/s1. The molecule has 0 aliphatic carbocycles. The van der Waals surface area contributed by atoms with Gasteiger partial charge in [-0.1, -0.05) is 224 Å². The fourth-order valence-electron chi connectivity index (χ4n) is 8.54. The number of aliphatic hydroxyl groups excluding tert-OH is 3. The smallest absolute Gasteiger partial charge is 0.306 e. The number of aliphatic hydroxyl groups is 3. The van der Waals surface area contributed by atoms with Crippen molar-refractivity contribution in [2.45, 2.75) is 288 Å². The van der Waals surface area contributed by atoms with Gasteiger partial charge in [0.15, 0.2) is 12.4 Å². The van der Waals surface area contributed by atoms with E-state index < -0.39 is 71.2 Å². The van der Waals surface area contributed by atoms with Crippen LogP contribution in [0.25, 0.3) is 0 Å². The minimum Gasteiger partial charge on any atom is -0.462 e. The number of esters is 2. The summed E-state index contributed by atoms with van der Waals surface area (Å²) in [4.78, 5) is 25.5. The van der Waals surface area contributed by atoms with Crippen molar-refractivity contribution in [1.82, 2.24) is 0 Å². The molecule has 0 radical (unpaired) electrons. The summed E-state index contributed by atoms with van der Waals surface area (Å²) >= 11 is 0. The molecule has 1 heterocycles. The van der Waals surface area contributed by atoms with E-state index in [1.165, 1.54) is 173 Å². The number of ether oxygens (including phenoxy) is 4. The Kier molecular flexibility index (Phi) is 41.6. The Morgan fingerprint density at radius 1 is 0.507 bits per heavy atom. The van der Waals surface area contributed by atoms with E-state index in [1.54, 1.807) is 0 Å². The lowest BCUT2D eigenvalue weighted by atomic mass is 10.00. The minimum absolute atomic E-state index is 0.158. The van der Waals surface area contributed by atoms with Gasteiger partial charge in [0.1, 0.15) is 36.8 Å². The molecule has 1 saturated heterocycles. The zero-order valence-corrected chi connectivity index (χ0v) is 43.3. The maximum absolute atomic E-state index is 12.9. The molecule has 1 rings (SSSR count). The van der Waals surface area contributed by atoms with E-state index in [-0.39, 0.29) is 19.4 Å². The van der Waals surface area contributed by atoms with Crippen LogP contribution in [-0.4, -0.2) is 96.0 Å². The minimum atomic E-state index is -4.61. The van der Waals surface area contributed by atoms with Crippen LogP contribution in [0.5, 0.6) is 0 Å². The normalized spacial score (nSPS) is 19.4. The average molecular weight is 973 g/mol. The molecule has 0 aromatic rings. The molecule has 1 fully saturated rings. The summed E-state index contributed by atoms with van der Waals surface area (Å²) in [6.45, 7) is 3.77. The van der Waals surface area contributed by atoms with Crippen LogP contribution >= 0.6 is 0 Å². The molecule has 67 heavy (non-hydrogen) atoms. The molecule has 0 aromatic carbocycles. The first kappa shape index (κ1) is 63.1. The van der Waals surface area contributed by atoms with Crippen LogP contribution < -0.4 is 0 Å². The van der Waals surface area contributed by atoms with Crippen LogP contribution in [0, 0.1) is 0 Å². The highest BCUT2D eigenvalue weighted by Gasteiger charge is 2.46. The van der Waals surface area contributed by atoms with Crippen LogP contribution in [-0.2, 0) is 38.7 Å². The topological polar surface area (TPSA) is 186 Å². The molecule has 1 aliphatic rings. The molecule has 0 bridgehead atoms. The van der Waals surface area contributed by atoms with Crippen molar-refractivity contribution in [3.05, 3.63) is 24.3 Å². The van der Waals surface area contributed by atoms with Crippen molar-refractivity contribution >= 4 is 22.1 Å². The molecular formula is C54H100O12S. The maximum Gasteiger partial charge on any atom is 0.306 e. The highest BCUT2D eigenvalue weighted by molar-refractivity contribution is 7.85. The van der Waals surface area contributed by atoms with E-state index in [9.17, 15) is 37.9 Å². The predicted octanol–water partition coefficient (Wildman–Crippen LogP) is 12.7. The molecule has 4 N–H and O–H groups in total. The number of carbonyl (C=O) groups is 2. The lowest BCUT2D eigenvalue weighted by Gasteiger charge is -2.40. The van der Waals surface area contributed by atoms with Crippen LogP contribution in [0.15, 0.2) is 24.3 Å². The quantitative estimate of drug-likeness (QED) is 0.0196. The van der Waals surface area contributed by atoms with Crippen molar-refractivity contribution in [2.24, 2.45) is 0 Å². The van der Waals surface area contributed by atoms with E-state index in [4.69, 9.17) is 18.9 Å². The van der Waals surface area contributed by atoms with Crippen molar-refractivity contribution < 1.29 is 56.8 Å². The Labute approximate surface area is 408 Å². The molecule has 1 aliphatic heterocycles. The zero-order chi connectivity index (χ0) is 49.1. The van der Waals surface area contributed by atoms with E-state index >= 15 is 0 Å². The molecule has 6 atom stereocenters. The molecule has 0 aromatic heterocycles. The number of rotatable bonds is 47. The predicted molar refractivity (Wildman–Crippen MR) is 270 cm³/mol. The lowest BCUT2D eigenvalue weighted by Crippen LogP contribution is -2.60. The number of allylic oxidation sites excluding steroid dienone is 4. The number of hydrogen-bond donors (Lipinski definition) is 4. The summed E-state index contributed by atoms with van der Waals surface area (Å²) in [6.07, 6.45) is 42.3. The monoisotopic (exact) mass is 973 g/mol. The van der Waals surface area contributed by atoms with Gasteiger partial charge in [0.2, 0.25) is 0 Å². The molecule has 12 nitrogen and oxygen atoms in total. The Hall–Kier alpha value is -1.87. The molecular weight excluding hydrogens is 873 g/mol. The molecule has 13 heteroatoms. The van der Waals surface area contributed by atoms with Gasteiger partial charge in [0.25, 0.3) is 10.1 Å². The molecule has 0 amide bonds. The fraction of sp³-hybridized carbons (Fsp3) is 0.889. The molecule has 0 spiro atoms. The fourth-order valence-corrected chi connectivity index (χ4v) is 9.23. The van der Waals surface area contributed by atoms with Gasteiger partial charge < -0.3 is 34.3 Å². The number of unbranched alkanes of at least 4 members (excludes halogenated alkanes) is 31. The molecule has 394 valence electrons. The maximum atomic E-state index is 12.9. The Morgan fingerprint density at radius 3 is 1.36 bits per heavy atom. The van der Waals surface area contributed by atoms with E-state index in [0.717, 1.165) is 32.1 Å². The summed E-state index contributed by atoms with van der Waals surface area (Å²) in [5, 5.41) is 31.0. The van der Waals surface area contributed by atoms with Gasteiger partial charge >= 0.3 is 11.9 Å². The van der Waals surface area contributed by atoms with Crippen LogP contribution in [0.1, 0.15) is 251 Å². The van der Waals surface area contributed by atoms with Crippen LogP contribution in [0.2, 0.25) is 0 Å². The van der Waals surface area contributed by atoms with Crippen LogP contribution in [0.3, 0.4) is 0 Å². The summed E-state index contributed by atoms with van der Waals surface area (Å²) in [6, 6.07) is 0. The summed E-state index contributed by atoms with van der Waals surface area (Å²) < 4.78 is 54.3. The highest BCUT2D eigenvalue weighted by Crippen LogP contribution is 2.24. The SMILES string of the molecule is CCCCCCCCCCC/C=C/C/C=C/CCCC(=O)OC[C@H](CO[C@H]1O[C@H](CS(=O)(=O)O)[C@@H](O)C(O)C1O)OC(=O)CCCCCCCCCCCCCCCCCCCCCCCC. The largest absolute Gasteiger partial charge is 0.462 e. The van der Waals surface area contributed by atoms with E-state index in [2.05, 4.69) is 32.1 Å². The summed E-state index contributed by atoms with van der Waals surface area (Å²) in [7, 11) is -4.61.